The summed E-state index contributed by atoms with van der Waals surface area (Å²) in [6.07, 6.45) is 3.11. The van der Waals surface area contributed by atoms with Crippen LogP contribution in [0.3, 0.4) is 0 Å². The molecule has 0 unspecified atom stereocenters. The maximum Gasteiger partial charge on any atom is 0.332 e. The highest BCUT2D eigenvalue weighted by molar-refractivity contribution is 6.08. The second-order valence-electron chi connectivity index (χ2n) is 8.24. The van der Waals surface area contributed by atoms with E-state index >= 15 is 0 Å². The Bertz CT molecular complexity index is 1710. The summed E-state index contributed by atoms with van der Waals surface area (Å²) >= 11 is 0. The number of pyridine rings is 1. The summed E-state index contributed by atoms with van der Waals surface area (Å²) in [7, 11) is 2.95. The van der Waals surface area contributed by atoms with Gasteiger partial charge in [0.25, 0.3) is 11.5 Å². The number of carbonyl (C=O) groups excluding carboxylic acids is 1. The lowest BCUT2D eigenvalue weighted by Gasteiger charge is -2.09. The van der Waals surface area contributed by atoms with Crippen molar-refractivity contribution < 1.29 is 4.79 Å². The summed E-state index contributed by atoms with van der Waals surface area (Å²) in [6.45, 7) is 1.96. The number of aromatic nitrogens is 5. The van der Waals surface area contributed by atoms with Crippen molar-refractivity contribution in [3.05, 3.63) is 105 Å². The normalized spacial score (nSPS) is 11.1. The second-order valence-corrected chi connectivity index (χ2v) is 8.24. The molecule has 174 valence electrons. The molecular weight excluding hydrogens is 444 g/mol. The Morgan fingerprint density at radius 1 is 0.943 bits per heavy atom. The number of anilines is 1. The van der Waals surface area contributed by atoms with E-state index in [9.17, 15) is 14.4 Å². The number of hydrogen-bond acceptors (Lipinski definition) is 5. The van der Waals surface area contributed by atoms with Crippen molar-refractivity contribution in [1.82, 2.24) is 23.9 Å². The number of fused-ring (bicyclic) bond motifs is 1. The zero-order valence-corrected chi connectivity index (χ0v) is 19.4. The SMILES string of the molecule is Cc1ccccc1-c1nn(-c2ccccc2)cc1C(=O)Nc1cnc2c(c1)c(=O)n(C)c(=O)n2C. The first-order valence-electron chi connectivity index (χ1n) is 10.9. The summed E-state index contributed by atoms with van der Waals surface area (Å²) in [5, 5.41) is 7.78. The molecule has 0 spiro atoms. The lowest BCUT2D eigenvalue weighted by atomic mass is 10.0. The van der Waals surface area contributed by atoms with Crippen molar-refractivity contribution in [2.24, 2.45) is 14.1 Å². The Kier molecular flexibility index (Phi) is 5.37. The Balaban J connectivity index is 1.59. The molecule has 0 saturated heterocycles. The summed E-state index contributed by atoms with van der Waals surface area (Å²) in [4.78, 5) is 42.5. The van der Waals surface area contributed by atoms with Crippen LogP contribution in [0.5, 0.6) is 0 Å². The van der Waals surface area contributed by atoms with Crippen LogP contribution in [0.25, 0.3) is 28.0 Å². The third-order valence-corrected chi connectivity index (χ3v) is 5.93. The summed E-state index contributed by atoms with van der Waals surface area (Å²) < 4.78 is 3.97. The minimum atomic E-state index is -0.482. The minimum Gasteiger partial charge on any atom is -0.320 e. The second kappa shape index (κ2) is 8.53. The fourth-order valence-electron chi connectivity index (χ4n) is 4.02. The van der Waals surface area contributed by atoms with Gasteiger partial charge in [0, 0.05) is 25.9 Å². The lowest BCUT2D eigenvalue weighted by Crippen LogP contribution is -2.37. The van der Waals surface area contributed by atoms with Crippen LogP contribution in [0.15, 0.2) is 82.6 Å². The number of para-hydroxylation sites is 1. The molecule has 9 nitrogen and oxygen atoms in total. The van der Waals surface area contributed by atoms with Gasteiger partial charge in [0.2, 0.25) is 0 Å². The van der Waals surface area contributed by atoms with Gasteiger partial charge < -0.3 is 5.32 Å². The van der Waals surface area contributed by atoms with E-state index in [1.54, 1.807) is 17.9 Å². The molecule has 3 aromatic heterocycles. The van der Waals surface area contributed by atoms with Gasteiger partial charge >= 0.3 is 5.69 Å². The molecule has 5 rings (SSSR count). The van der Waals surface area contributed by atoms with Gasteiger partial charge in [0.1, 0.15) is 11.3 Å². The lowest BCUT2D eigenvalue weighted by molar-refractivity contribution is 0.102. The van der Waals surface area contributed by atoms with E-state index in [1.807, 2.05) is 61.5 Å². The van der Waals surface area contributed by atoms with Gasteiger partial charge in [-0.15, -0.1) is 0 Å². The van der Waals surface area contributed by atoms with Crippen molar-refractivity contribution in [1.29, 1.82) is 0 Å². The topological polar surface area (TPSA) is 104 Å². The average Bonchev–Trinajstić information content (AvgIpc) is 3.32. The summed E-state index contributed by atoms with van der Waals surface area (Å²) in [6, 6.07) is 18.8. The number of nitrogens with one attached hydrogen (secondary N) is 1. The summed E-state index contributed by atoms with van der Waals surface area (Å²) in [5.74, 6) is -0.395. The monoisotopic (exact) mass is 466 g/mol. The van der Waals surface area contributed by atoms with E-state index in [2.05, 4.69) is 10.3 Å². The number of aryl methyl sites for hydroxylation is 2. The highest BCUT2D eigenvalue weighted by Gasteiger charge is 2.21. The first-order valence-corrected chi connectivity index (χ1v) is 10.9. The fourth-order valence-corrected chi connectivity index (χ4v) is 4.02. The third-order valence-electron chi connectivity index (χ3n) is 5.93. The molecule has 0 radical (unpaired) electrons. The fraction of sp³-hybridized carbons (Fsp3) is 0.115. The highest BCUT2D eigenvalue weighted by Crippen LogP contribution is 2.27. The van der Waals surface area contributed by atoms with Gasteiger partial charge in [0.05, 0.1) is 28.5 Å². The van der Waals surface area contributed by atoms with E-state index in [1.165, 1.54) is 23.9 Å². The molecule has 2 aromatic carbocycles. The molecular formula is C26H22N6O3. The predicted molar refractivity (Wildman–Crippen MR) is 134 cm³/mol. The molecule has 0 saturated carbocycles. The van der Waals surface area contributed by atoms with Gasteiger partial charge in [-0.1, -0.05) is 42.5 Å². The van der Waals surface area contributed by atoms with Crippen LogP contribution in [0.1, 0.15) is 15.9 Å². The van der Waals surface area contributed by atoms with Gasteiger partial charge in [-0.05, 0) is 30.7 Å². The molecule has 3 heterocycles. The molecule has 0 aliphatic heterocycles. The Morgan fingerprint density at radius 3 is 2.40 bits per heavy atom. The Hall–Kier alpha value is -4.79. The molecule has 1 amide bonds. The number of nitrogens with zero attached hydrogens (tertiary/aromatic N) is 5. The minimum absolute atomic E-state index is 0.228. The number of hydrogen-bond donors (Lipinski definition) is 1. The molecule has 35 heavy (non-hydrogen) atoms. The van der Waals surface area contributed by atoms with E-state index < -0.39 is 17.2 Å². The molecule has 0 atom stereocenters. The van der Waals surface area contributed by atoms with Crippen LogP contribution in [-0.2, 0) is 14.1 Å². The Morgan fingerprint density at radius 2 is 1.66 bits per heavy atom. The van der Waals surface area contributed by atoms with Gasteiger partial charge in [-0.2, -0.15) is 5.10 Å². The van der Waals surface area contributed by atoms with Gasteiger partial charge in [-0.3, -0.25) is 18.7 Å². The standard InChI is InChI=1S/C26H22N6O3/c1-16-9-7-8-12-19(16)22-21(15-32(29-22)18-10-5-4-6-11-18)24(33)28-17-13-20-23(27-14-17)30(2)26(35)31(3)25(20)34/h4-15H,1-3H3,(H,28,33). The number of rotatable bonds is 4. The van der Waals surface area contributed by atoms with Crippen molar-refractivity contribution in [3.8, 4) is 16.9 Å². The quantitative estimate of drug-likeness (QED) is 0.439. The first kappa shape index (κ1) is 22.0. The molecule has 5 aromatic rings. The molecule has 1 N–H and O–H groups in total. The third kappa shape index (κ3) is 3.82. The van der Waals surface area contributed by atoms with Crippen molar-refractivity contribution in [2.45, 2.75) is 6.92 Å². The summed E-state index contributed by atoms with van der Waals surface area (Å²) in [5.41, 5.74) is 3.18. The molecule has 0 fully saturated rings. The number of benzene rings is 2. The zero-order valence-electron chi connectivity index (χ0n) is 19.4. The van der Waals surface area contributed by atoms with Gasteiger partial charge in [-0.25, -0.2) is 14.5 Å². The van der Waals surface area contributed by atoms with Crippen LogP contribution < -0.4 is 16.6 Å². The van der Waals surface area contributed by atoms with Crippen LogP contribution in [0.4, 0.5) is 5.69 Å². The van der Waals surface area contributed by atoms with E-state index in [0.717, 1.165) is 21.4 Å². The largest absolute Gasteiger partial charge is 0.332 e. The maximum absolute atomic E-state index is 13.4. The van der Waals surface area contributed by atoms with Crippen LogP contribution in [0, 0.1) is 6.92 Å². The average molecular weight is 467 g/mol. The molecule has 0 aliphatic carbocycles. The van der Waals surface area contributed by atoms with Crippen LogP contribution >= 0.6 is 0 Å². The Labute approximate surface area is 199 Å². The van der Waals surface area contributed by atoms with Crippen molar-refractivity contribution in [2.75, 3.05) is 5.32 Å². The highest BCUT2D eigenvalue weighted by atomic mass is 16.2. The van der Waals surface area contributed by atoms with Crippen molar-refractivity contribution >= 4 is 22.6 Å². The van der Waals surface area contributed by atoms with E-state index in [4.69, 9.17) is 5.10 Å². The van der Waals surface area contributed by atoms with Crippen LogP contribution in [0.2, 0.25) is 0 Å². The first-order chi connectivity index (χ1) is 16.8. The van der Waals surface area contributed by atoms with E-state index in [0.29, 0.717) is 16.9 Å². The van der Waals surface area contributed by atoms with Gasteiger partial charge in [0.15, 0.2) is 0 Å². The predicted octanol–water partition coefficient (Wildman–Crippen LogP) is 3.05. The number of carbonyl (C=O) groups is 1. The molecule has 9 heteroatoms. The van der Waals surface area contributed by atoms with Crippen LogP contribution in [-0.4, -0.2) is 29.8 Å². The maximum atomic E-state index is 13.4. The zero-order chi connectivity index (χ0) is 24.7. The molecule has 0 aliphatic rings. The van der Waals surface area contributed by atoms with Crippen molar-refractivity contribution in [3.63, 3.8) is 0 Å². The van der Waals surface area contributed by atoms with E-state index in [-0.39, 0.29) is 11.0 Å². The molecule has 0 bridgehead atoms. The number of amides is 1. The smallest absolute Gasteiger partial charge is 0.320 e.